The van der Waals surface area contributed by atoms with Crippen LogP contribution in [-0.2, 0) is 19.0 Å². The van der Waals surface area contributed by atoms with Crippen molar-refractivity contribution in [1.29, 1.82) is 0 Å². The second kappa shape index (κ2) is 5.87. The van der Waals surface area contributed by atoms with Gasteiger partial charge in [0.15, 0.2) is 11.6 Å². The van der Waals surface area contributed by atoms with Crippen LogP contribution in [0.15, 0.2) is 30.6 Å². The van der Waals surface area contributed by atoms with Crippen LogP contribution in [0.2, 0.25) is 0 Å². The van der Waals surface area contributed by atoms with E-state index in [4.69, 9.17) is 16.3 Å². The first kappa shape index (κ1) is 12.9. The number of ether oxygens (including phenoxy) is 1. The molecule has 18 heavy (non-hydrogen) atoms. The fraction of sp³-hybridized carbons (Fsp3) is 0.308. The zero-order valence-corrected chi connectivity index (χ0v) is 10.8. The number of rotatable bonds is 5. The maximum absolute atomic E-state index is 13.6. The molecule has 0 aliphatic carbocycles. The van der Waals surface area contributed by atoms with Gasteiger partial charge in [-0.25, -0.2) is 4.39 Å². The summed E-state index contributed by atoms with van der Waals surface area (Å²) in [5.41, 5.74) is 1.65. The largest absolute Gasteiger partial charge is 0.486 e. The molecule has 3 nitrogen and oxygen atoms in total. The Morgan fingerprint density at radius 3 is 2.83 bits per heavy atom. The molecule has 2 aromatic rings. The minimum absolute atomic E-state index is 0.230. The van der Waals surface area contributed by atoms with Crippen molar-refractivity contribution in [1.82, 2.24) is 9.78 Å². The first-order valence-electron chi connectivity index (χ1n) is 5.71. The molecule has 0 N–H and O–H groups in total. The summed E-state index contributed by atoms with van der Waals surface area (Å²) in [7, 11) is 0. The smallest absolute Gasteiger partial charge is 0.165 e. The average molecular weight is 269 g/mol. The van der Waals surface area contributed by atoms with Crippen LogP contribution in [0.5, 0.6) is 5.75 Å². The second-order valence-corrected chi connectivity index (χ2v) is 4.16. The lowest BCUT2D eigenvalue weighted by Gasteiger charge is -2.06. The Morgan fingerprint density at radius 2 is 2.22 bits per heavy atom. The molecule has 0 atom stereocenters. The molecule has 1 aromatic heterocycles. The number of alkyl halides is 1. The van der Waals surface area contributed by atoms with Gasteiger partial charge in [-0.05, 0) is 24.6 Å². The standard InChI is InChI=1S/C13H14ClFN2O/c1-2-17-8-11(7-16-17)9-18-13-4-3-10(6-14)5-12(13)15/h3-5,7-8H,2,6,9H2,1H3. The highest BCUT2D eigenvalue weighted by atomic mass is 35.5. The molecule has 0 bridgehead atoms. The number of aromatic nitrogens is 2. The van der Waals surface area contributed by atoms with Crippen LogP contribution in [0.25, 0.3) is 0 Å². The molecule has 0 aliphatic rings. The SMILES string of the molecule is CCn1cc(COc2ccc(CCl)cc2F)cn1. The summed E-state index contributed by atoms with van der Waals surface area (Å²) in [4.78, 5) is 0. The molecule has 1 aromatic carbocycles. The molecule has 0 spiro atoms. The van der Waals surface area contributed by atoms with Gasteiger partial charge in [-0.15, -0.1) is 11.6 Å². The maximum Gasteiger partial charge on any atom is 0.165 e. The van der Waals surface area contributed by atoms with Crippen molar-refractivity contribution < 1.29 is 9.13 Å². The van der Waals surface area contributed by atoms with Gasteiger partial charge in [-0.1, -0.05) is 6.07 Å². The van der Waals surface area contributed by atoms with Crippen LogP contribution in [0, 0.1) is 5.82 Å². The molecule has 0 saturated carbocycles. The highest BCUT2D eigenvalue weighted by Gasteiger charge is 2.05. The van der Waals surface area contributed by atoms with Crippen molar-refractivity contribution in [2.75, 3.05) is 0 Å². The second-order valence-electron chi connectivity index (χ2n) is 3.89. The Kier molecular flexibility index (Phi) is 4.20. The fourth-order valence-electron chi connectivity index (χ4n) is 1.56. The van der Waals surface area contributed by atoms with Crippen LogP contribution in [0.1, 0.15) is 18.1 Å². The highest BCUT2D eigenvalue weighted by Crippen LogP contribution is 2.20. The van der Waals surface area contributed by atoms with Crippen LogP contribution in [0.3, 0.4) is 0 Å². The summed E-state index contributed by atoms with van der Waals surface area (Å²) in [5, 5.41) is 4.12. The van der Waals surface area contributed by atoms with E-state index in [0.717, 1.165) is 17.7 Å². The molecule has 0 aliphatic heterocycles. The molecule has 0 fully saturated rings. The van der Waals surface area contributed by atoms with Gasteiger partial charge in [0.1, 0.15) is 6.61 Å². The zero-order chi connectivity index (χ0) is 13.0. The topological polar surface area (TPSA) is 27.1 Å². The summed E-state index contributed by atoms with van der Waals surface area (Å²) in [6.45, 7) is 3.11. The summed E-state index contributed by atoms with van der Waals surface area (Å²) < 4.78 is 20.8. The van der Waals surface area contributed by atoms with Gasteiger partial charge < -0.3 is 4.74 Å². The first-order chi connectivity index (χ1) is 8.72. The number of hydrogen-bond acceptors (Lipinski definition) is 2. The molecule has 96 valence electrons. The fourth-order valence-corrected chi connectivity index (χ4v) is 1.73. The van der Waals surface area contributed by atoms with E-state index in [2.05, 4.69) is 5.10 Å². The minimum atomic E-state index is -0.393. The molecule has 0 unspecified atom stereocenters. The Morgan fingerprint density at radius 1 is 1.39 bits per heavy atom. The normalized spacial score (nSPS) is 10.6. The van der Waals surface area contributed by atoms with Crippen molar-refractivity contribution in [2.45, 2.75) is 26.0 Å². The van der Waals surface area contributed by atoms with E-state index in [0.29, 0.717) is 12.5 Å². The zero-order valence-electron chi connectivity index (χ0n) is 10.1. The predicted molar refractivity (Wildman–Crippen MR) is 68.2 cm³/mol. The maximum atomic E-state index is 13.6. The van der Waals surface area contributed by atoms with Crippen molar-refractivity contribution in [3.8, 4) is 5.75 Å². The van der Waals surface area contributed by atoms with Crippen molar-refractivity contribution in [3.05, 3.63) is 47.5 Å². The lowest BCUT2D eigenvalue weighted by atomic mass is 10.2. The molecule has 1 heterocycles. The van der Waals surface area contributed by atoms with Gasteiger partial charge in [0.05, 0.1) is 6.20 Å². The predicted octanol–water partition coefficient (Wildman–Crippen LogP) is 3.36. The molecular weight excluding hydrogens is 255 g/mol. The van der Waals surface area contributed by atoms with Crippen molar-refractivity contribution >= 4 is 11.6 Å². The quantitative estimate of drug-likeness (QED) is 0.778. The Hall–Kier alpha value is -1.55. The molecule has 0 radical (unpaired) electrons. The third-order valence-electron chi connectivity index (χ3n) is 2.56. The van der Waals surface area contributed by atoms with Gasteiger partial charge in [-0.3, -0.25) is 4.68 Å². The lowest BCUT2D eigenvalue weighted by molar-refractivity contribution is 0.290. The minimum Gasteiger partial charge on any atom is -0.486 e. The van der Waals surface area contributed by atoms with Crippen molar-refractivity contribution in [2.24, 2.45) is 0 Å². The summed E-state index contributed by atoms with van der Waals surface area (Å²) >= 11 is 5.62. The molecule has 0 amide bonds. The van der Waals surface area contributed by atoms with Crippen molar-refractivity contribution in [3.63, 3.8) is 0 Å². The molecule has 0 saturated heterocycles. The van der Waals surface area contributed by atoms with E-state index >= 15 is 0 Å². The van der Waals surface area contributed by atoms with Crippen LogP contribution < -0.4 is 4.74 Å². The van der Waals surface area contributed by atoms with Gasteiger partial charge in [0.2, 0.25) is 0 Å². The summed E-state index contributed by atoms with van der Waals surface area (Å²) in [6, 6.07) is 4.73. The van der Waals surface area contributed by atoms with Crippen LogP contribution in [0.4, 0.5) is 4.39 Å². The van der Waals surface area contributed by atoms with Gasteiger partial charge in [-0.2, -0.15) is 5.10 Å². The Bertz CT molecular complexity index is 527. The van der Waals surface area contributed by atoms with Gasteiger partial charge in [0, 0.05) is 24.2 Å². The third-order valence-corrected chi connectivity index (χ3v) is 2.86. The number of hydrogen-bond donors (Lipinski definition) is 0. The van der Waals surface area contributed by atoms with Crippen LogP contribution >= 0.6 is 11.6 Å². The number of benzene rings is 1. The van der Waals surface area contributed by atoms with Gasteiger partial charge >= 0.3 is 0 Å². The average Bonchev–Trinajstić information content (AvgIpc) is 2.85. The van der Waals surface area contributed by atoms with Gasteiger partial charge in [0.25, 0.3) is 0 Å². The molecular formula is C13H14ClFN2O. The van der Waals surface area contributed by atoms with E-state index in [1.807, 2.05) is 13.1 Å². The van der Waals surface area contributed by atoms with E-state index in [1.165, 1.54) is 6.07 Å². The Labute approximate surface area is 110 Å². The number of nitrogens with zero attached hydrogens (tertiary/aromatic N) is 2. The first-order valence-corrected chi connectivity index (χ1v) is 6.25. The number of aryl methyl sites for hydroxylation is 1. The summed E-state index contributed by atoms with van der Waals surface area (Å²) in [5.74, 6) is 0.129. The third kappa shape index (κ3) is 3.01. The van der Waals surface area contributed by atoms with E-state index < -0.39 is 5.82 Å². The number of halogens is 2. The molecule has 2 rings (SSSR count). The molecule has 5 heteroatoms. The lowest BCUT2D eigenvalue weighted by Crippen LogP contribution is -1.97. The van der Waals surface area contributed by atoms with E-state index in [1.54, 1.807) is 23.0 Å². The monoisotopic (exact) mass is 268 g/mol. The highest BCUT2D eigenvalue weighted by molar-refractivity contribution is 6.17. The Balaban J connectivity index is 2.01. The van der Waals surface area contributed by atoms with E-state index in [9.17, 15) is 4.39 Å². The summed E-state index contributed by atoms with van der Waals surface area (Å²) in [6.07, 6.45) is 3.60. The van der Waals surface area contributed by atoms with Crippen LogP contribution in [-0.4, -0.2) is 9.78 Å². The van der Waals surface area contributed by atoms with E-state index in [-0.39, 0.29) is 5.75 Å².